The molecule has 0 bridgehead atoms. The Labute approximate surface area is 155 Å². The topological polar surface area (TPSA) is 72.6 Å². The molecule has 0 aliphatic carbocycles. The molecule has 0 saturated heterocycles. The number of aromatic nitrogens is 1. The van der Waals surface area contributed by atoms with Gasteiger partial charge in [0.2, 0.25) is 5.89 Å². The van der Waals surface area contributed by atoms with E-state index in [-0.39, 0.29) is 29.1 Å². The molecule has 0 N–H and O–H groups in total. The van der Waals surface area contributed by atoms with E-state index in [9.17, 15) is 9.59 Å². The molecule has 1 heterocycles. The lowest BCUT2D eigenvalue weighted by Crippen LogP contribution is -2.45. The predicted octanol–water partition coefficient (Wildman–Crippen LogP) is 4.21. The van der Waals surface area contributed by atoms with Crippen LogP contribution in [0.5, 0.6) is 0 Å². The Hall–Kier alpha value is -2.05. The summed E-state index contributed by atoms with van der Waals surface area (Å²) in [7, 11) is 1.25. The highest BCUT2D eigenvalue weighted by atomic mass is 35.5. The van der Waals surface area contributed by atoms with Crippen molar-refractivity contribution < 1.29 is 18.7 Å². The van der Waals surface area contributed by atoms with Crippen molar-refractivity contribution in [2.75, 3.05) is 7.11 Å². The summed E-state index contributed by atoms with van der Waals surface area (Å²) >= 11 is 12.0. The Morgan fingerprint density at radius 3 is 2.52 bits per heavy atom. The van der Waals surface area contributed by atoms with Crippen LogP contribution in [0.3, 0.4) is 0 Å². The van der Waals surface area contributed by atoms with Crippen LogP contribution in [-0.2, 0) is 11.3 Å². The molecule has 1 amide bonds. The number of amides is 1. The van der Waals surface area contributed by atoms with Gasteiger partial charge in [0.15, 0.2) is 5.69 Å². The normalized spacial score (nSPS) is 11.3. The maximum atomic E-state index is 13.0. The van der Waals surface area contributed by atoms with E-state index in [4.69, 9.17) is 27.6 Å². The molecule has 0 unspecified atom stereocenters. The summed E-state index contributed by atoms with van der Waals surface area (Å²) in [6, 6.07) is 4.68. The summed E-state index contributed by atoms with van der Waals surface area (Å²) in [5, 5.41) is 0.702. The van der Waals surface area contributed by atoms with E-state index in [1.807, 2.05) is 20.8 Å². The molecular weight excluding hydrogens is 367 g/mol. The molecule has 0 radical (unpaired) electrons. The number of hydrogen-bond acceptors (Lipinski definition) is 5. The van der Waals surface area contributed by atoms with E-state index < -0.39 is 11.5 Å². The zero-order valence-corrected chi connectivity index (χ0v) is 15.8. The number of ether oxygens (including phenoxy) is 1. The molecule has 1 aromatic carbocycles. The van der Waals surface area contributed by atoms with Crippen molar-refractivity contribution >= 4 is 35.1 Å². The second-order valence-corrected chi connectivity index (χ2v) is 7.15. The number of carbonyl (C=O) groups is 2. The molecule has 134 valence electrons. The number of carbonyl (C=O) groups excluding carboxylic acids is 2. The van der Waals surface area contributed by atoms with E-state index >= 15 is 0 Å². The number of esters is 1. The number of nitrogens with zero attached hydrogens (tertiary/aromatic N) is 2. The van der Waals surface area contributed by atoms with Crippen LogP contribution >= 0.6 is 23.2 Å². The van der Waals surface area contributed by atoms with E-state index in [0.717, 1.165) is 0 Å². The molecule has 0 saturated carbocycles. The summed E-state index contributed by atoms with van der Waals surface area (Å²) in [4.78, 5) is 30.1. The third-order valence-corrected chi connectivity index (χ3v) is 4.00. The number of oxazole rings is 1. The molecule has 2 aromatic rings. The van der Waals surface area contributed by atoms with Crippen molar-refractivity contribution in [1.29, 1.82) is 0 Å². The van der Waals surface area contributed by atoms with Gasteiger partial charge in [-0.1, -0.05) is 23.2 Å². The van der Waals surface area contributed by atoms with Crippen molar-refractivity contribution in [1.82, 2.24) is 9.88 Å². The molecule has 0 atom stereocenters. The van der Waals surface area contributed by atoms with Crippen LogP contribution in [0.2, 0.25) is 10.0 Å². The predicted molar refractivity (Wildman–Crippen MR) is 93.9 cm³/mol. The molecule has 0 aliphatic heterocycles. The Morgan fingerprint density at radius 2 is 1.96 bits per heavy atom. The number of hydrogen-bond donors (Lipinski definition) is 0. The maximum Gasteiger partial charge on any atom is 0.360 e. The molecule has 0 aliphatic rings. The average molecular weight is 385 g/mol. The molecule has 1 aromatic heterocycles. The zero-order chi connectivity index (χ0) is 18.8. The van der Waals surface area contributed by atoms with E-state index in [1.54, 1.807) is 17.0 Å². The fourth-order valence-electron chi connectivity index (χ4n) is 2.14. The van der Waals surface area contributed by atoms with Gasteiger partial charge in [0.25, 0.3) is 5.91 Å². The smallest absolute Gasteiger partial charge is 0.360 e. The van der Waals surface area contributed by atoms with Crippen molar-refractivity contribution in [3.63, 3.8) is 0 Å². The fourth-order valence-corrected chi connectivity index (χ4v) is 2.63. The van der Waals surface area contributed by atoms with E-state index in [1.165, 1.54) is 19.4 Å². The summed E-state index contributed by atoms with van der Waals surface area (Å²) in [5.74, 6) is -0.690. The maximum absolute atomic E-state index is 13.0. The van der Waals surface area contributed by atoms with Gasteiger partial charge in [-0.25, -0.2) is 9.78 Å². The quantitative estimate of drug-likeness (QED) is 0.738. The Bertz CT molecular complexity index is 796. The van der Waals surface area contributed by atoms with Crippen LogP contribution < -0.4 is 0 Å². The van der Waals surface area contributed by atoms with Crippen LogP contribution in [-0.4, -0.2) is 34.4 Å². The van der Waals surface area contributed by atoms with Gasteiger partial charge in [-0.3, -0.25) is 4.79 Å². The van der Waals surface area contributed by atoms with E-state index in [0.29, 0.717) is 10.6 Å². The van der Waals surface area contributed by atoms with Gasteiger partial charge in [-0.15, -0.1) is 0 Å². The highest BCUT2D eigenvalue weighted by Gasteiger charge is 2.30. The van der Waals surface area contributed by atoms with Crippen molar-refractivity contribution in [3.05, 3.63) is 51.7 Å². The van der Waals surface area contributed by atoms with Crippen molar-refractivity contribution in [2.24, 2.45) is 0 Å². The second-order valence-electron chi connectivity index (χ2n) is 6.30. The van der Waals surface area contributed by atoms with Crippen LogP contribution in [0.15, 0.2) is 28.9 Å². The van der Waals surface area contributed by atoms with Crippen LogP contribution in [0, 0.1) is 0 Å². The number of halogens is 2. The molecular formula is C17H18Cl2N2O4. The van der Waals surface area contributed by atoms with Crippen LogP contribution in [0.1, 0.15) is 47.5 Å². The number of methoxy groups -OCH3 is 1. The van der Waals surface area contributed by atoms with Crippen LogP contribution in [0.4, 0.5) is 0 Å². The molecule has 6 nitrogen and oxygen atoms in total. The summed E-state index contributed by atoms with van der Waals surface area (Å²) < 4.78 is 9.88. The first-order chi connectivity index (χ1) is 11.6. The molecule has 0 spiro atoms. The van der Waals surface area contributed by atoms with Crippen molar-refractivity contribution in [3.8, 4) is 0 Å². The molecule has 0 fully saturated rings. The van der Waals surface area contributed by atoms with Gasteiger partial charge in [0.1, 0.15) is 6.26 Å². The van der Waals surface area contributed by atoms with Gasteiger partial charge in [0, 0.05) is 10.6 Å². The SMILES string of the molecule is COC(=O)c1coc(CN(C(=O)c2ccc(Cl)cc2Cl)C(C)(C)C)n1. The lowest BCUT2D eigenvalue weighted by atomic mass is 10.0. The first kappa shape index (κ1) is 19.3. The first-order valence-electron chi connectivity index (χ1n) is 7.43. The Kier molecular flexibility index (Phi) is 5.75. The van der Waals surface area contributed by atoms with Gasteiger partial charge < -0.3 is 14.1 Å². The zero-order valence-electron chi connectivity index (χ0n) is 14.3. The molecule has 2 rings (SSSR count). The summed E-state index contributed by atoms with van der Waals surface area (Å²) in [6.07, 6.45) is 1.20. The number of benzene rings is 1. The second kappa shape index (κ2) is 7.45. The minimum atomic E-state index is -0.607. The summed E-state index contributed by atoms with van der Waals surface area (Å²) in [5.41, 5.74) is -0.177. The minimum Gasteiger partial charge on any atom is -0.464 e. The number of rotatable bonds is 4. The van der Waals surface area contributed by atoms with Gasteiger partial charge in [0.05, 0.1) is 24.2 Å². The van der Waals surface area contributed by atoms with Crippen molar-refractivity contribution in [2.45, 2.75) is 32.9 Å². The van der Waals surface area contributed by atoms with E-state index in [2.05, 4.69) is 9.72 Å². The lowest BCUT2D eigenvalue weighted by molar-refractivity contribution is 0.0533. The lowest BCUT2D eigenvalue weighted by Gasteiger charge is -2.35. The highest BCUT2D eigenvalue weighted by Crippen LogP contribution is 2.26. The Balaban J connectivity index is 2.32. The monoisotopic (exact) mass is 384 g/mol. The highest BCUT2D eigenvalue weighted by molar-refractivity contribution is 6.36. The van der Waals surface area contributed by atoms with Crippen LogP contribution in [0.25, 0.3) is 0 Å². The van der Waals surface area contributed by atoms with Gasteiger partial charge in [-0.2, -0.15) is 0 Å². The largest absolute Gasteiger partial charge is 0.464 e. The molecule has 25 heavy (non-hydrogen) atoms. The standard InChI is InChI=1S/C17H18Cl2N2O4/c1-17(2,3)21(8-14-20-13(9-25-14)16(23)24-4)15(22)11-6-5-10(18)7-12(11)19/h5-7,9H,8H2,1-4H3. The minimum absolute atomic E-state index is 0.0448. The third kappa shape index (κ3) is 4.52. The summed E-state index contributed by atoms with van der Waals surface area (Å²) in [6.45, 7) is 5.69. The van der Waals surface area contributed by atoms with Gasteiger partial charge in [-0.05, 0) is 39.0 Å². The average Bonchev–Trinajstić information content (AvgIpc) is 2.99. The third-order valence-electron chi connectivity index (χ3n) is 3.46. The molecule has 8 heteroatoms. The first-order valence-corrected chi connectivity index (χ1v) is 8.19. The Morgan fingerprint density at radius 1 is 1.28 bits per heavy atom. The fraction of sp³-hybridized carbons (Fsp3) is 0.353. The van der Waals surface area contributed by atoms with Gasteiger partial charge >= 0.3 is 5.97 Å².